The van der Waals surface area contributed by atoms with Gasteiger partial charge in [-0.15, -0.1) is 11.8 Å². The van der Waals surface area contributed by atoms with Gasteiger partial charge in [0.25, 0.3) is 0 Å². The van der Waals surface area contributed by atoms with Crippen LogP contribution in [0.1, 0.15) is 25.7 Å². The molecule has 2 fully saturated rings. The summed E-state index contributed by atoms with van der Waals surface area (Å²) in [5.74, 6) is -0.0206. The van der Waals surface area contributed by atoms with Crippen LogP contribution in [0.5, 0.6) is 0 Å². The van der Waals surface area contributed by atoms with Crippen molar-refractivity contribution in [3.63, 3.8) is 0 Å². The predicted octanol–water partition coefficient (Wildman–Crippen LogP) is 1.11. The monoisotopic (exact) mass is 288 g/mol. The van der Waals surface area contributed by atoms with E-state index in [-0.39, 0.29) is 12.1 Å². The van der Waals surface area contributed by atoms with Gasteiger partial charge in [0.15, 0.2) is 0 Å². The maximum atomic E-state index is 11.9. The molecule has 0 aromatic carbocycles. The molecule has 2 rings (SSSR count). The highest BCUT2D eigenvalue weighted by atomic mass is 32.2. The fourth-order valence-electron chi connectivity index (χ4n) is 2.32. The van der Waals surface area contributed by atoms with Crippen molar-refractivity contribution in [2.75, 3.05) is 24.8 Å². The zero-order valence-electron chi connectivity index (χ0n) is 10.8. The van der Waals surface area contributed by atoms with Crippen LogP contribution < -0.4 is 5.32 Å². The van der Waals surface area contributed by atoms with E-state index in [1.807, 2.05) is 0 Å². The molecule has 19 heavy (non-hydrogen) atoms. The fraction of sp³-hybridized carbons (Fsp3) is 0.833. The molecule has 0 saturated carbocycles. The number of hydrogen-bond acceptors (Lipinski definition) is 4. The summed E-state index contributed by atoms with van der Waals surface area (Å²) in [6.45, 7) is 1.35. The Morgan fingerprint density at radius 3 is 2.95 bits per heavy atom. The van der Waals surface area contributed by atoms with Crippen LogP contribution >= 0.6 is 11.8 Å². The topological polar surface area (TPSA) is 78.9 Å². The van der Waals surface area contributed by atoms with Crippen molar-refractivity contribution in [1.29, 1.82) is 0 Å². The summed E-state index contributed by atoms with van der Waals surface area (Å²) >= 11 is 1.47. The third-order valence-electron chi connectivity index (χ3n) is 3.44. The second kappa shape index (κ2) is 7.00. The molecular formula is C12H20N2O4S. The van der Waals surface area contributed by atoms with Gasteiger partial charge in [-0.05, 0) is 25.7 Å². The van der Waals surface area contributed by atoms with Gasteiger partial charge in [0.1, 0.15) is 6.04 Å². The number of urea groups is 1. The number of nitrogens with zero attached hydrogens (tertiary/aromatic N) is 1. The highest BCUT2D eigenvalue weighted by Crippen LogP contribution is 2.21. The summed E-state index contributed by atoms with van der Waals surface area (Å²) in [6, 6.07) is -0.982. The van der Waals surface area contributed by atoms with E-state index in [2.05, 4.69) is 5.32 Å². The lowest BCUT2D eigenvalue weighted by Gasteiger charge is -2.24. The zero-order valence-corrected chi connectivity index (χ0v) is 11.7. The second-order valence-corrected chi connectivity index (χ2v) is 5.83. The van der Waals surface area contributed by atoms with Gasteiger partial charge in [-0.25, -0.2) is 9.59 Å². The Kier molecular flexibility index (Phi) is 5.33. The third-order valence-corrected chi connectivity index (χ3v) is 4.46. The van der Waals surface area contributed by atoms with E-state index in [4.69, 9.17) is 9.84 Å². The molecule has 2 heterocycles. The molecule has 0 bridgehead atoms. The van der Waals surface area contributed by atoms with E-state index < -0.39 is 12.0 Å². The molecule has 6 nitrogen and oxygen atoms in total. The van der Waals surface area contributed by atoms with Crippen molar-refractivity contribution in [3.05, 3.63) is 0 Å². The normalized spacial score (nSPS) is 27.3. The molecule has 2 unspecified atom stereocenters. The van der Waals surface area contributed by atoms with E-state index in [0.717, 1.165) is 25.9 Å². The first-order valence-corrected chi connectivity index (χ1v) is 7.80. The minimum Gasteiger partial charge on any atom is -0.480 e. The van der Waals surface area contributed by atoms with Crippen LogP contribution in [0.15, 0.2) is 0 Å². The predicted molar refractivity (Wildman–Crippen MR) is 72.2 cm³/mol. The van der Waals surface area contributed by atoms with E-state index >= 15 is 0 Å². The van der Waals surface area contributed by atoms with E-state index in [1.54, 1.807) is 0 Å². The quantitative estimate of drug-likeness (QED) is 0.810. The van der Waals surface area contributed by atoms with E-state index in [1.165, 1.54) is 23.1 Å². The Balaban J connectivity index is 1.70. The lowest BCUT2D eigenvalue weighted by atomic mass is 10.1. The molecule has 7 heteroatoms. The summed E-state index contributed by atoms with van der Waals surface area (Å²) in [5, 5.41) is 11.8. The number of aliphatic carboxylic acids is 1. The van der Waals surface area contributed by atoms with Crippen LogP contribution in [0.25, 0.3) is 0 Å². The number of nitrogens with one attached hydrogen (secondary N) is 1. The molecule has 0 spiro atoms. The van der Waals surface area contributed by atoms with Gasteiger partial charge in [-0.3, -0.25) is 0 Å². The number of ether oxygens (including phenoxy) is 1. The fourth-order valence-corrected chi connectivity index (χ4v) is 3.47. The first kappa shape index (κ1) is 14.5. The lowest BCUT2D eigenvalue weighted by molar-refractivity contribution is -0.140. The molecule has 0 aliphatic carbocycles. The van der Waals surface area contributed by atoms with Crippen molar-refractivity contribution in [2.24, 2.45) is 0 Å². The van der Waals surface area contributed by atoms with Gasteiger partial charge in [0, 0.05) is 18.9 Å². The molecule has 0 radical (unpaired) electrons. The van der Waals surface area contributed by atoms with Crippen molar-refractivity contribution in [1.82, 2.24) is 10.2 Å². The Labute approximate surface area is 116 Å². The molecule has 2 amide bonds. The Morgan fingerprint density at radius 2 is 2.26 bits per heavy atom. The summed E-state index contributed by atoms with van der Waals surface area (Å²) in [5.41, 5.74) is 0. The van der Waals surface area contributed by atoms with Gasteiger partial charge in [0.05, 0.1) is 12.0 Å². The maximum Gasteiger partial charge on any atom is 0.327 e. The largest absolute Gasteiger partial charge is 0.480 e. The number of hydrogen-bond donors (Lipinski definition) is 2. The van der Waals surface area contributed by atoms with Gasteiger partial charge in [-0.1, -0.05) is 0 Å². The first-order chi connectivity index (χ1) is 9.18. The molecule has 0 aromatic heterocycles. The van der Waals surface area contributed by atoms with Crippen LogP contribution in [0.4, 0.5) is 4.79 Å². The summed E-state index contributed by atoms with van der Waals surface area (Å²) in [4.78, 5) is 24.3. The van der Waals surface area contributed by atoms with Crippen LogP contribution in [0, 0.1) is 0 Å². The molecule has 2 N–H and O–H groups in total. The van der Waals surface area contributed by atoms with Crippen molar-refractivity contribution in [2.45, 2.75) is 37.8 Å². The zero-order chi connectivity index (χ0) is 13.7. The van der Waals surface area contributed by atoms with Crippen LogP contribution in [0.3, 0.4) is 0 Å². The minimum atomic E-state index is -0.934. The molecule has 2 aliphatic heterocycles. The molecule has 0 aromatic rings. The number of rotatable bonds is 4. The van der Waals surface area contributed by atoms with E-state index in [0.29, 0.717) is 18.2 Å². The number of carbonyl (C=O) groups is 2. The van der Waals surface area contributed by atoms with Crippen molar-refractivity contribution < 1.29 is 19.4 Å². The second-order valence-electron chi connectivity index (χ2n) is 4.83. The highest BCUT2D eigenvalue weighted by Gasteiger charge is 2.34. The smallest absolute Gasteiger partial charge is 0.327 e. The first-order valence-electron chi connectivity index (χ1n) is 6.65. The molecule has 108 valence electrons. The van der Waals surface area contributed by atoms with Gasteiger partial charge >= 0.3 is 12.0 Å². The Morgan fingerprint density at radius 1 is 1.42 bits per heavy atom. The van der Waals surface area contributed by atoms with Crippen LogP contribution in [0.2, 0.25) is 0 Å². The average molecular weight is 288 g/mol. The number of amides is 2. The minimum absolute atomic E-state index is 0.234. The lowest BCUT2D eigenvalue weighted by Crippen LogP contribution is -2.47. The molecule has 2 atom stereocenters. The highest BCUT2D eigenvalue weighted by molar-refractivity contribution is 7.99. The third kappa shape index (κ3) is 4.01. The van der Waals surface area contributed by atoms with Gasteiger partial charge in [-0.2, -0.15) is 0 Å². The summed E-state index contributed by atoms with van der Waals surface area (Å²) < 4.78 is 5.58. The Hall–Kier alpha value is -0.950. The number of carboxylic acids is 1. The van der Waals surface area contributed by atoms with Gasteiger partial charge < -0.3 is 20.1 Å². The molecular weight excluding hydrogens is 268 g/mol. The SMILES string of the molecule is O=C(O)C1CSCN1C(=O)NCCC1CCCCO1. The number of carboxylic acid groups (broad SMARTS) is 1. The average Bonchev–Trinajstić information content (AvgIpc) is 2.89. The Bertz CT molecular complexity index is 334. The molecule has 2 saturated heterocycles. The standard InChI is InChI=1S/C12H20N2O4S/c15-11(16)10-7-19-8-14(10)12(17)13-5-4-9-3-1-2-6-18-9/h9-10H,1-8H2,(H,13,17)(H,15,16). The van der Waals surface area contributed by atoms with Crippen molar-refractivity contribution >= 4 is 23.8 Å². The van der Waals surface area contributed by atoms with E-state index in [9.17, 15) is 9.59 Å². The van der Waals surface area contributed by atoms with Crippen LogP contribution in [-0.4, -0.2) is 58.9 Å². The van der Waals surface area contributed by atoms with Gasteiger partial charge in [0.2, 0.25) is 0 Å². The maximum absolute atomic E-state index is 11.9. The van der Waals surface area contributed by atoms with Crippen molar-refractivity contribution in [3.8, 4) is 0 Å². The van der Waals surface area contributed by atoms with Crippen LogP contribution in [-0.2, 0) is 9.53 Å². The summed E-state index contributed by atoms with van der Waals surface area (Å²) in [6.07, 6.45) is 4.38. The number of carbonyl (C=O) groups excluding carboxylic acids is 1. The number of thioether (sulfide) groups is 1. The molecule has 2 aliphatic rings. The summed E-state index contributed by atoms with van der Waals surface area (Å²) in [7, 11) is 0.